The molecule has 5 nitrogen and oxygen atoms in total. The SMILES string of the molecule is CCCN(Cc1ccccc1O)C(=O)c1cccc2c1OCCO2. The van der Waals surface area contributed by atoms with Crippen molar-refractivity contribution in [3.8, 4) is 17.2 Å². The minimum absolute atomic E-state index is 0.123. The molecule has 0 atom stereocenters. The van der Waals surface area contributed by atoms with Gasteiger partial charge in [0, 0.05) is 18.7 Å². The molecule has 1 N–H and O–H groups in total. The number of rotatable bonds is 5. The van der Waals surface area contributed by atoms with E-state index in [0.29, 0.717) is 43.4 Å². The van der Waals surface area contributed by atoms with E-state index >= 15 is 0 Å². The maximum Gasteiger partial charge on any atom is 0.258 e. The van der Waals surface area contributed by atoms with Crippen LogP contribution < -0.4 is 9.47 Å². The molecule has 0 bridgehead atoms. The van der Waals surface area contributed by atoms with Crippen molar-refractivity contribution in [3.63, 3.8) is 0 Å². The lowest BCUT2D eigenvalue weighted by molar-refractivity contribution is 0.0731. The number of aromatic hydroxyl groups is 1. The minimum atomic E-state index is -0.123. The molecule has 1 amide bonds. The van der Waals surface area contributed by atoms with Gasteiger partial charge in [-0.15, -0.1) is 0 Å². The van der Waals surface area contributed by atoms with E-state index in [4.69, 9.17) is 9.47 Å². The van der Waals surface area contributed by atoms with Crippen LogP contribution >= 0.6 is 0 Å². The number of hydrogen-bond donors (Lipinski definition) is 1. The summed E-state index contributed by atoms with van der Waals surface area (Å²) in [6, 6.07) is 12.4. The Hall–Kier alpha value is -2.69. The van der Waals surface area contributed by atoms with Crippen LogP contribution in [0.4, 0.5) is 0 Å². The van der Waals surface area contributed by atoms with Gasteiger partial charge in [0.1, 0.15) is 19.0 Å². The zero-order valence-corrected chi connectivity index (χ0v) is 13.7. The molecule has 0 aliphatic carbocycles. The van der Waals surface area contributed by atoms with Gasteiger partial charge in [0.15, 0.2) is 11.5 Å². The van der Waals surface area contributed by atoms with Crippen LogP contribution in [-0.4, -0.2) is 35.7 Å². The minimum Gasteiger partial charge on any atom is -0.508 e. The summed E-state index contributed by atoms with van der Waals surface area (Å²) >= 11 is 0. The zero-order valence-electron chi connectivity index (χ0n) is 13.7. The number of phenolic OH excluding ortho intramolecular Hbond substituents is 1. The highest BCUT2D eigenvalue weighted by Gasteiger charge is 2.24. The highest BCUT2D eigenvalue weighted by Crippen LogP contribution is 2.34. The number of phenols is 1. The number of carbonyl (C=O) groups is 1. The topological polar surface area (TPSA) is 59.0 Å². The quantitative estimate of drug-likeness (QED) is 0.916. The van der Waals surface area contributed by atoms with Gasteiger partial charge in [-0.05, 0) is 24.6 Å². The Morgan fingerprint density at radius 2 is 1.92 bits per heavy atom. The van der Waals surface area contributed by atoms with E-state index in [9.17, 15) is 9.90 Å². The van der Waals surface area contributed by atoms with Gasteiger partial charge in [-0.25, -0.2) is 0 Å². The molecule has 0 saturated heterocycles. The van der Waals surface area contributed by atoms with E-state index in [1.165, 1.54) is 0 Å². The lowest BCUT2D eigenvalue weighted by Gasteiger charge is -2.26. The van der Waals surface area contributed by atoms with Gasteiger partial charge in [-0.2, -0.15) is 0 Å². The Bertz CT molecular complexity index is 729. The van der Waals surface area contributed by atoms with Crippen molar-refractivity contribution in [2.24, 2.45) is 0 Å². The molecule has 5 heteroatoms. The van der Waals surface area contributed by atoms with E-state index in [-0.39, 0.29) is 11.7 Å². The predicted octanol–water partition coefficient (Wildman–Crippen LogP) is 3.22. The van der Waals surface area contributed by atoms with Crippen LogP contribution in [0.3, 0.4) is 0 Å². The summed E-state index contributed by atoms with van der Waals surface area (Å²) in [4.78, 5) is 14.8. The molecular weight excluding hydrogens is 306 g/mol. The number of carbonyl (C=O) groups excluding carboxylic acids is 1. The van der Waals surface area contributed by atoms with Crippen LogP contribution in [0.2, 0.25) is 0 Å². The van der Waals surface area contributed by atoms with Crippen LogP contribution in [0.15, 0.2) is 42.5 Å². The Morgan fingerprint density at radius 1 is 1.12 bits per heavy atom. The van der Waals surface area contributed by atoms with E-state index < -0.39 is 0 Å². The monoisotopic (exact) mass is 327 g/mol. The molecule has 0 aromatic heterocycles. The van der Waals surface area contributed by atoms with Crippen LogP contribution in [-0.2, 0) is 6.54 Å². The van der Waals surface area contributed by atoms with Gasteiger partial charge in [0.2, 0.25) is 0 Å². The van der Waals surface area contributed by atoms with Crippen LogP contribution in [0, 0.1) is 0 Å². The fraction of sp³-hybridized carbons (Fsp3) is 0.316. The van der Waals surface area contributed by atoms with Crippen molar-refractivity contribution in [2.75, 3.05) is 19.8 Å². The molecule has 3 rings (SSSR count). The average Bonchev–Trinajstić information content (AvgIpc) is 2.62. The van der Waals surface area contributed by atoms with Crippen LogP contribution in [0.1, 0.15) is 29.3 Å². The number of nitrogens with zero attached hydrogens (tertiary/aromatic N) is 1. The first-order chi connectivity index (χ1) is 11.7. The van der Waals surface area contributed by atoms with E-state index in [1.54, 1.807) is 35.2 Å². The Labute approximate surface area is 141 Å². The number of ether oxygens (including phenoxy) is 2. The van der Waals surface area contributed by atoms with Crippen LogP contribution in [0.25, 0.3) is 0 Å². The molecule has 1 aliphatic heterocycles. The molecule has 0 saturated carbocycles. The molecule has 0 unspecified atom stereocenters. The first kappa shape index (κ1) is 16.2. The van der Waals surface area contributed by atoms with Crippen molar-refractivity contribution in [1.82, 2.24) is 4.90 Å². The Morgan fingerprint density at radius 3 is 2.71 bits per heavy atom. The summed E-state index contributed by atoms with van der Waals surface area (Å²) in [6.45, 7) is 3.89. The summed E-state index contributed by atoms with van der Waals surface area (Å²) in [5.41, 5.74) is 1.22. The fourth-order valence-electron chi connectivity index (χ4n) is 2.78. The van der Waals surface area contributed by atoms with Gasteiger partial charge in [0.25, 0.3) is 5.91 Å². The Kier molecular flexibility index (Phi) is 4.89. The third-order valence-electron chi connectivity index (χ3n) is 3.93. The van der Waals surface area contributed by atoms with Crippen LogP contribution in [0.5, 0.6) is 17.2 Å². The lowest BCUT2D eigenvalue weighted by Crippen LogP contribution is -2.32. The number of hydrogen-bond acceptors (Lipinski definition) is 4. The molecule has 24 heavy (non-hydrogen) atoms. The van der Waals surface area contributed by atoms with Crippen molar-refractivity contribution < 1.29 is 19.4 Å². The summed E-state index contributed by atoms with van der Waals surface area (Å²) in [5, 5.41) is 9.99. The molecule has 2 aromatic rings. The maximum absolute atomic E-state index is 13.0. The van der Waals surface area contributed by atoms with E-state index in [1.807, 2.05) is 19.1 Å². The number of amides is 1. The summed E-state index contributed by atoms with van der Waals surface area (Å²) in [5.74, 6) is 1.18. The van der Waals surface area contributed by atoms with Gasteiger partial charge in [-0.1, -0.05) is 31.2 Å². The first-order valence-corrected chi connectivity index (χ1v) is 8.15. The number of benzene rings is 2. The molecule has 0 radical (unpaired) electrons. The lowest BCUT2D eigenvalue weighted by atomic mass is 10.1. The molecule has 2 aromatic carbocycles. The second-order valence-electron chi connectivity index (χ2n) is 5.69. The highest BCUT2D eigenvalue weighted by atomic mass is 16.6. The average molecular weight is 327 g/mol. The normalized spacial score (nSPS) is 12.7. The van der Waals surface area contributed by atoms with Gasteiger partial charge < -0.3 is 19.5 Å². The first-order valence-electron chi connectivity index (χ1n) is 8.15. The van der Waals surface area contributed by atoms with Crippen molar-refractivity contribution >= 4 is 5.91 Å². The molecule has 1 aliphatic rings. The number of fused-ring (bicyclic) bond motifs is 1. The predicted molar refractivity (Wildman–Crippen MR) is 90.6 cm³/mol. The smallest absolute Gasteiger partial charge is 0.258 e. The zero-order chi connectivity index (χ0) is 16.9. The standard InChI is InChI=1S/C19H21NO4/c1-2-10-20(13-14-6-3-4-8-16(14)21)19(22)15-7-5-9-17-18(15)24-12-11-23-17/h3-9,21H,2,10-13H2,1H3. The molecule has 0 spiro atoms. The van der Waals surface area contributed by atoms with Gasteiger partial charge in [0.05, 0.1) is 5.56 Å². The van der Waals surface area contributed by atoms with E-state index in [0.717, 1.165) is 12.0 Å². The third kappa shape index (κ3) is 3.30. The molecule has 1 heterocycles. The Balaban J connectivity index is 1.89. The van der Waals surface area contributed by atoms with Gasteiger partial charge in [-0.3, -0.25) is 4.79 Å². The second-order valence-corrected chi connectivity index (χ2v) is 5.69. The van der Waals surface area contributed by atoms with Gasteiger partial charge >= 0.3 is 0 Å². The molecular formula is C19H21NO4. The number of para-hydroxylation sites is 2. The largest absolute Gasteiger partial charge is 0.508 e. The maximum atomic E-state index is 13.0. The summed E-state index contributed by atoms with van der Waals surface area (Å²) in [6.07, 6.45) is 0.825. The third-order valence-corrected chi connectivity index (χ3v) is 3.93. The molecule has 126 valence electrons. The fourth-order valence-corrected chi connectivity index (χ4v) is 2.78. The van der Waals surface area contributed by atoms with Crippen molar-refractivity contribution in [2.45, 2.75) is 19.9 Å². The molecule has 0 fully saturated rings. The van der Waals surface area contributed by atoms with Crippen molar-refractivity contribution in [1.29, 1.82) is 0 Å². The highest BCUT2D eigenvalue weighted by molar-refractivity contribution is 5.97. The summed E-state index contributed by atoms with van der Waals surface area (Å²) < 4.78 is 11.2. The van der Waals surface area contributed by atoms with E-state index in [2.05, 4.69) is 0 Å². The van der Waals surface area contributed by atoms with Crippen molar-refractivity contribution in [3.05, 3.63) is 53.6 Å². The second kappa shape index (κ2) is 7.25. The summed E-state index contributed by atoms with van der Waals surface area (Å²) in [7, 11) is 0.